The van der Waals surface area contributed by atoms with Gasteiger partial charge in [0, 0.05) is 30.4 Å². The Hall–Kier alpha value is -4.19. The van der Waals surface area contributed by atoms with Crippen molar-refractivity contribution in [2.75, 3.05) is 23.3 Å². The zero-order chi connectivity index (χ0) is 23.2. The Kier molecular flexibility index (Phi) is 6.47. The first-order chi connectivity index (χ1) is 16.7. The molecular formula is C28H26N4O2. The number of benzene rings is 3. The number of para-hydroxylation sites is 1. The van der Waals surface area contributed by atoms with Gasteiger partial charge in [-0.3, -0.25) is 4.79 Å². The van der Waals surface area contributed by atoms with Gasteiger partial charge in [0.15, 0.2) is 0 Å². The van der Waals surface area contributed by atoms with E-state index in [4.69, 9.17) is 4.74 Å². The third-order valence-corrected chi connectivity index (χ3v) is 5.94. The molecule has 0 aliphatic carbocycles. The highest BCUT2D eigenvalue weighted by Crippen LogP contribution is 2.27. The first kappa shape index (κ1) is 21.6. The monoisotopic (exact) mass is 450 g/mol. The average Bonchev–Trinajstić information content (AvgIpc) is 2.91. The molecule has 1 N–H and O–H groups in total. The lowest BCUT2D eigenvalue weighted by molar-refractivity contribution is -0.120. The molecule has 1 fully saturated rings. The molecule has 1 unspecified atom stereocenters. The van der Waals surface area contributed by atoms with Gasteiger partial charge in [-0.05, 0) is 49.2 Å². The van der Waals surface area contributed by atoms with Gasteiger partial charge in [0.1, 0.15) is 23.6 Å². The second kappa shape index (κ2) is 10.2. The number of anilines is 2. The molecule has 4 aromatic rings. The fraction of sp³-hybridized carbons (Fsp3) is 0.179. The fourth-order valence-corrected chi connectivity index (χ4v) is 4.16. The van der Waals surface area contributed by atoms with Gasteiger partial charge >= 0.3 is 0 Å². The zero-order valence-corrected chi connectivity index (χ0v) is 18.8. The maximum Gasteiger partial charge on any atom is 0.229 e. The fourth-order valence-electron chi connectivity index (χ4n) is 4.16. The molecule has 3 aromatic carbocycles. The molecule has 170 valence electrons. The predicted octanol–water partition coefficient (Wildman–Crippen LogP) is 5.79. The van der Waals surface area contributed by atoms with Crippen molar-refractivity contribution in [2.45, 2.75) is 12.8 Å². The summed E-state index contributed by atoms with van der Waals surface area (Å²) in [5.41, 5.74) is 2.70. The van der Waals surface area contributed by atoms with Crippen LogP contribution in [0.4, 0.5) is 11.5 Å². The minimum atomic E-state index is -0.107. The summed E-state index contributed by atoms with van der Waals surface area (Å²) in [6.45, 7) is 1.51. The number of aromatic nitrogens is 2. The number of carbonyl (C=O) groups excluding carboxylic acids is 1. The predicted molar refractivity (Wildman–Crippen MR) is 134 cm³/mol. The van der Waals surface area contributed by atoms with E-state index in [0.717, 1.165) is 53.6 Å². The minimum Gasteiger partial charge on any atom is -0.457 e. The Morgan fingerprint density at radius 3 is 2.35 bits per heavy atom. The van der Waals surface area contributed by atoms with Gasteiger partial charge < -0.3 is 15.0 Å². The minimum absolute atomic E-state index is 0.0266. The van der Waals surface area contributed by atoms with Gasteiger partial charge in [0.05, 0.1) is 11.6 Å². The molecule has 1 aliphatic heterocycles. The number of amides is 1. The van der Waals surface area contributed by atoms with E-state index in [-0.39, 0.29) is 11.8 Å². The molecule has 1 atom stereocenters. The number of rotatable bonds is 6. The van der Waals surface area contributed by atoms with Gasteiger partial charge in [0.25, 0.3) is 0 Å². The van der Waals surface area contributed by atoms with Gasteiger partial charge in [-0.2, -0.15) is 0 Å². The van der Waals surface area contributed by atoms with E-state index in [2.05, 4.69) is 20.2 Å². The van der Waals surface area contributed by atoms with Crippen LogP contribution in [0.15, 0.2) is 97.3 Å². The molecule has 0 saturated carbocycles. The molecule has 0 spiro atoms. The summed E-state index contributed by atoms with van der Waals surface area (Å²) in [4.78, 5) is 24.1. The number of hydrogen-bond acceptors (Lipinski definition) is 5. The van der Waals surface area contributed by atoms with Crippen LogP contribution in [0.25, 0.3) is 11.3 Å². The van der Waals surface area contributed by atoms with E-state index in [9.17, 15) is 4.79 Å². The van der Waals surface area contributed by atoms with Crippen molar-refractivity contribution < 1.29 is 9.53 Å². The third kappa shape index (κ3) is 5.23. The van der Waals surface area contributed by atoms with Crippen molar-refractivity contribution in [3.63, 3.8) is 0 Å². The second-order valence-corrected chi connectivity index (χ2v) is 8.34. The van der Waals surface area contributed by atoms with Crippen molar-refractivity contribution in [2.24, 2.45) is 5.92 Å². The molecule has 6 heteroatoms. The number of nitrogens with zero attached hydrogens (tertiary/aromatic N) is 3. The summed E-state index contributed by atoms with van der Waals surface area (Å²) in [6.07, 6.45) is 3.39. The smallest absolute Gasteiger partial charge is 0.229 e. The zero-order valence-electron chi connectivity index (χ0n) is 18.8. The van der Waals surface area contributed by atoms with Gasteiger partial charge in [0.2, 0.25) is 5.91 Å². The molecular weight excluding hydrogens is 424 g/mol. The summed E-state index contributed by atoms with van der Waals surface area (Å²) in [5.74, 6) is 2.28. The maximum absolute atomic E-state index is 13.0. The van der Waals surface area contributed by atoms with E-state index in [1.807, 2.05) is 91.0 Å². The summed E-state index contributed by atoms with van der Waals surface area (Å²) in [5, 5.41) is 3.06. The standard InChI is InChI=1S/C28H26N4O2/c33-28(31-23-13-15-25(16-14-23)34-24-11-5-2-6-12-24)22-10-7-17-32(19-22)27-18-26(29-20-30-27)21-8-3-1-4-9-21/h1-6,8-9,11-16,18,20,22H,7,10,17,19H2,(H,31,33). The number of ether oxygens (including phenoxy) is 1. The second-order valence-electron chi connectivity index (χ2n) is 8.34. The van der Waals surface area contributed by atoms with Crippen molar-refractivity contribution in [1.29, 1.82) is 0 Å². The topological polar surface area (TPSA) is 67.3 Å². The first-order valence-electron chi connectivity index (χ1n) is 11.5. The van der Waals surface area contributed by atoms with E-state index < -0.39 is 0 Å². The number of carbonyl (C=O) groups is 1. The van der Waals surface area contributed by atoms with E-state index in [0.29, 0.717) is 6.54 Å². The van der Waals surface area contributed by atoms with Crippen molar-refractivity contribution in [1.82, 2.24) is 9.97 Å². The van der Waals surface area contributed by atoms with Crippen molar-refractivity contribution in [3.05, 3.63) is 97.3 Å². The molecule has 0 radical (unpaired) electrons. The first-order valence-corrected chi connectivity index (χ1v) is 11.5. The number of piperidine rings is 1. The maximum atomic E-state index is 13.0. The Balaban J connectivity index is 1.21. The molecule has 0 bridgehead atoms. The molecule has 1 aromatic heterocycles. The third-order valence-electron chi connectivity index (χ3n) is 5.94. The Labute approximate surface area is 199 Å². The summed E-state index contributed by atoms with van der Waals surface area (Å²) < 4.78 is 5.83. The van der Waals surface area contributed by atoms with Crippen LogP contribution in [-0.4, -0.2) is 29.0 Å². The van der Waals surface area contributed by atoms with Crippen LogP contribution in [0.2, 0.25) is 0 Å². The van der Waals surface area contributed by atoms with Gasteiger partial charge in [-0.25, -0.2) is 9.97 Å². The Morgan fingerprint density at radius 2 is 1.59 bits per heavy atom. The quantitative estimate of drug-likeness (QED) is 0.403. The van der Waals surface area contributed by atoms with E-state index in [1.54, 1.807) is 6.33 Å². The Morgan fingerprint density at radius 1 is 0.882 bits per heavy atom. The summed E-state index contributed by atoms with van der Waals surface area (Å²) >= 11 is 0. The number of nitrogens with one attached hydrogen (secondary N) is 1. The highest BCUT2D eigenvalue weighted by atomic mass is 16.5. The van der Waals surface area contributed by atoms with Gasteiger partial charge in [-0.15, -0.1) is 0 Å². The molecule has 6 nitrogen and oxygen atoms in total. The van der Waals surface area contributed by atoms with E-state index >= 15 is 0 Å². The van der Waals surface area contributed by atoms with Crippen LogP contribution in [0.1, 0.15) is 12.8 Å². The lowest BCUT2D eigenvalue weighted by Crippen LogP contribution is -2.41. The lowest BCUT2D eigenvalue weighted by Gasteiger charge is -2.33. The van der Waals surface area contributed by atoms with Crippen LogP contribution in [0.5, 0.6) is 11.5 Å². The Bertz CT molecular complexity index is 1230. The lowest BCUT2D eigenvalue weighted by atomic mass is 9.97. The highest BCUT2D eigenvalue weighted by Gasteiger charge is 2.27. The van der Waals surface area contributed by atoms with Crippen LogP contribution < -0.4 is 15.0 Å². The van der Waals surface area contributed by atoms with E-state index in [1.165, 1.54) is 0 Å². The largest absolute Gasteiger partial charge is 0.457 e. The summed E-state index contributed by atoms with van der Waals surface area (Å²) in [7, 11) is 0. The summed E-state index contributed by atoms with van der Waals surface area (Å²) in [6, 6.07) is 29.2. The SMILES string of the molecule is O=C(Nc1ccc(Oc2ccccc2)cc1)C1CCCN(c2cc(-c3ccccc3)ncn2)C1. The molecule has 2 heterocycles. The average molecular weight is 451 g/mol. The molecule has 1 amide bonds. The highest BCUT2D eigenvalue weighted by molar-refractivity contribution is 5.93. The van der Waals surface area contributed by atoms with Crippen LogP contribution in [0, 0.1) is 5.92 Å². The van der Waals surface area contributed by atoms with Crippen LogP contribution >= 0.6 is 0 Å². The van der Waals surface area contributed by atoms with Crippen LogP contribution in [-0.2, 0) is 4.79 Å². The molecule has 1 saturated heterocycles. The number of hydrogen-bond donors (Lipinski definition) is 1. The molecule has 1 aliphatic rings. The molecule has 34 heavy (non-hydrogen) atoms. The molecule has 5 rings (SSSR count). The van der Waals surface area contributed by atoms with Crippen LogP contribution in [0.3, 0.4) is 0 Å². The van der Waals surface area contributed by atoms with Crippen molar-refractivity contribution >= 4 is 17.4 Å². The van der Waals surface area contributed by atoms with Gasteiger partial charge in [-0.1, -0.05) is 48.5 Å². The normalized spacial score (nSPS) is 15.5. The van der Waals surface area contributed by atoms with Crippen molar-refractivity contribution in [3.8, 4) is 22.8 Å².